The van der Waals surface area contributed by atoms with Crippen LogP contribution in [0.4, 0.5) is 0 Å². The molecule has 0 saturated carbocycles. The average molecular weight is 171 g/mol. The Morgan fingerprint density at radius 3 is 3.08 bits per heavy atom. The molecule has 0 aromatic heterocycles. The van der Waals surface area contributed by atoms with E-state index >= 15 is 0 Å². The van der Waals surface area contributed by atoms with Crippen molar-refractivity contribution in [1.82, 2.24) is 10.2 Å². The van der Waals surface area contributed by atoms with Gasteiger partial charge in [0.1, 0.15) is 0 Å². The Labute approximate surface area is 73.1 Å². The molecule has 12 heavy (non-hydrogen) atoms. The van der Waals surface area contributed by atoms with Crippen LogP contribution in [0.2, 0.25) is 0 Å². The van der Waals surface area contributed by atoms with E-state index in [1.165, 1.54) is 0 Å². The number of likely N-dealkylation sites (tertiary alicyclic amines) is 1. The van der Waals surface area contributed by atoms with Crippen LogP contribution in [-0.2, 0) is 4.79 Å². The van der Waals surface area contributed by atoms with Crippen LogP contribution < -0.4 is 11.1 Å². The van der Waals surface area contributed by atoms with Gasteiger partial charge in [0.15, 0.2) is 0 Å². The number of piperidine rings is 1. The lowest BCUT2D eigenvalue weighted by Gasteiger charge is -2.30. The van der Waals surface area contributed by atoms with Gasteiger partial charge in [-0.2, -0.15) is 0 Å². The molecular weight excluding hydrogens is 154 g/mol. The Balaban J connectivity index is 2.27. The molecule has 0 radical (unpaired) electrons. The van der Waals surface area contributed by atoms with E-state index in [2.05, 4.69) is 17.3 Å². The number of rotatable bonds is 2. The Morgan fingerprint density at radius 2 is 2.50 bits per heavy atom. The molecule has 1 aliphatic heterocycles. The van der Waals surface area contributed by atoms with Crippen LogP contribution in [0.3, 0.4) is 0 Å². The third-order valence-electron chi connectivity index (χ3n) is 2.17. The molecule has 1 amide bonds. The number of carbonyl (C=O) groups is 1. The van der Waals surface area contributed by atoms with Crippen molar-refractivity contribution in [2.75, 3.05) is 26.7 Å². The summed E-state index contributed by atoms with van der Waals surface area (Å²) < 4.78 is 0. The Morgan fingerprint density at radius 1 is 1.75 bits per heavy atom. The van der Waals surface area contributed by atoms with Gasteiger partial charge in [-0.05, 0) is 26.4 Å². The maximum absolute atomic E-state index is 10.9. The van der Waals surface area contributed by atoms with Crippen LogP contribution in [0.1, 0.15) is 12.8 Å². The lowest BCUT2D eigenvalue weighted by Crippen LogP contribution is -2.47. The van der Waals surface area contributed by atoms with E-state index in [1.54, 1.807) is 0 Å². The van der Waals surface area contributed by atoms with E-state index in [1.807, 2.05) is 0 Å². The summed E-state index contributed by atoms with van der Waals surface area (Å²) in [6, 6.07) is 0.305. The lowest BCUT2D eigenvalue weighted by molar-refractivity contribution is -0.120. The van der Waals surface area contributed by atoms with Gasteiger partial charge in [0.05, 0.1) is 6.54 Å². The summed E-state index contributed by atoms with van der Waals surface area (Å²) >= 11 is 0. The predicted octanol–water partition coefficient (Wildman–Crippen LogP) is -0.844. The highest BCUT2D eigenvalue weighted by atomic mass is 16.1. The molecule has 1 heterocycles. The molecule has 4 heteroatoms. The molecule has 0 bridgehead atoms. The summed E-state index contributed by atoms with van der Waals surface area (Å²) in [6.45, 7) is 2.18. The van der Waals surface area contributed by atoms with Crippen molar-refractivity contribution in [1.29, 1.82) is 0 Å². The predicted molar refractivity (Wildman–Crippen MR) is 47.7 cm³/mol. The Hall–Kier alpha value is -0.610. The molecule has 1 rings (SSSR count). The number of nitrogens with zero attached hydrogens (tertiary/aromatic N) is 1. The van der Waals surface area contributed by atoms with E-state index < -0.39 is 0 Å². The van der Waals surface area contributed by atoms with E-state index in [0.29, 0.717) is 6.04 Å². The fourth-order valence-corrected chi connectivity index (χ4v) is 1.57. The van der Waals surface area contributed by atoms with Crippen molar-refractivity contribution in [2.24, 2.45) is 5.73 Å². The maximum atomic E-state index is 10.9. The van der Waals surface area contributed by atoms with Crippen molar-refractivity contribution in [3.8, 4) is 0 Å². The quantitative estimate of drug-likeness (QED) is 0.569. The first kappa shape index (κ1) is 9.48. The van der Waals surface area contributed by atoms with Crippen molar-refractivity contribution in [2.45, 2.75) is 18.9 Å². The molecule has 1 aliphatic rings. The number of hydrogen-bond acceptors (Lipinski definition) is 3. The van der Waals surface area contributed by atoms with E-state index in [9.17, 15) is 4.79 Å². The normalized spacial score (nSPS) is 25.3. The summed E-state index contributed by atoms with van der Waals surface area (Å²) in [5.74, 6) is -0.0460. The number of likely N-dealkylation sites (N-methyl/N-ethyl adjacent to an activating group) is 1. The summed E-state index contributed by atoms with van der Waals surface area (Å²) in [7, 11) is 2.07. The van der Waals surface area contributed by atoms with Crippen molar-refractivity contribution >= 4 is 5.91 Å². The number of nitrogens with two attached hydrogens (primary N) is 1. The number of carbonyl (C=O) groups excluding carboxylic acids is 1. The zero-order valence-corrected chi connectivity index (χ0v) is 7.55. The van der Waals surface area contributed by atoms with Crippen molar-refractivity contribution in [3.63, 3.8) is 0 Å². The monoisotopic (exact) mass is 171 g/mol. The van der Waals surface area contributed by atoms with Crippen molar-refractivity contribution < 1.29 is 4.79 Å². The minimum Gasteiger partial charge on any atom is -0.351 e. The van der Waals surface area contributed by atoms with Crippen LogP contribution in [0.15, 0.2) is 0 Å². The summed E-state index contributed by atoms with van der Waals surface area (Å²) in [5, 5.41) is 2.89. The zero-order valence-electron chi connectivity index (χ0n) is 7.55. The standard InChI is InChI=1S/C8H17N3O/c1-11-4-2-3-7(6-11)10-8(12)5-9/h7H,2-6,9H2,1H3,(H,10,12)/t7-/m1/s1. The van der Waals surface area contributed by atoms with Gasteiger partial charge in [-0.1, -0.05) is 0 Å². The molecule has 3 N–H and O–H groups in total. The van der Waals surface area contributed by atoms with Gasteiger partial charge in [0, 0.05) is 12.6 Å². The fourth-order valence-electron chi connectivity index (χ4n) is 1.57. The molecule has 4 nitrogen and oxygen atoms in total. The maximum Gasteiger partial charge on any atom is 0.233 e. The molecule has 0 aliphatic carbocycles. The summed E-state index contributed by atoms with van der Waals surface area (Å²) in [4.78, 5) is 13.2. The number of amides is 1. The van der Waals surface area contributed by atoms with E-state index in [-0.39, 0.29) is 12.5 Å². The zero-order chi connectivity index (χ0) is 8.97. The molecular formula is C8H17N3O. The summed E-state index contributed by atoms with van der Waals surface area (Å²) in [5.41, 5.74) is 5.20. The van der Waals surface area contributed by atoms with Gasteiger partial charge in [-0.25, -0.2) is 0 Å². The molecule has 1 saturated heterocycles. The van der Waals surface area contributed by atoms with Crippen molar-refractivity contribution in [3.05, 3.63) is 0 Å². The first-order valence-corrected chi connectivity index (χ1v) is 4.40. The van der Waals surface area contributed by atoms with Gasteiger partial charge >= 0.3 is 0 Å². The smallest absolute Gasteiger partial charge is 0.233 e. The number of hydrogen-bond donors (Lipinski definition) is 2. The summed E-state index contributed by atoms with van der Waals surface area (Å²) in [6.07, 6.45) is 2.24. The second-order valence-corrected chi connectivity index (χ2v) is 3.37. The second kappa shape index (κ2) is 4.42. The fraction of sp³-hybridized carbons (Fsp3) is 0.875. The molecule has 70 valence electrons. The lowest BCUT2D eigenvalue weighted by atomic mass is 10.1. The van der Waals surface area contributed by atoms with Gasteiger partial charge in [0.2, 0.25) is 5.91 Å². The average Bonchev–Trinajstić information content (AvgIpc) is 2.04. The second-order valence-electron chi connectivity index (χ2n) is 3.37. The highest BCUT2D eigenvalue weighted by Gasteiger charge is 2.17. The minimum atomic E-state index is -0.0460. The van der Waals surface area contributed by atoms with E-state index in [4.69, 9.17) is 5.73 Å². The number of nitrogens with one attached hydrogen (secondary N) is 1. The highest BCUT2D eigenvalue weighted by Crippen LogP contribution is 2.07. The topological polar surface area (TPSA) is 58.4 Å². The van der Waals surface area contributed by atoms with Crippen LogP contribution >= 0.6 is 0 Å². The highest BCUT2D eigenvalue weighted by molar-refractivity contribution is 5.78. The van der Waals surface area contributed by atoms with Gasteiger partial charge in [-0.3, -0.25) is 4.79 Å². The van der Waals surface area contributed by atoms with Crippen LogP contribution in [-0.4, -0.2) is 43.5 Å². The third kappa shape index (κ3) is 2.79. The molecule has 0 spiro atoms. The first-order valence-electron chi connectivity index (χ1n) is 4.40. The minimum absolute atomic E-state index is 0.0460. The first-order chi connectivity index (χ1) is 5.72. The Kier molecular flexibility index (Phi) is 3.49. The van der Waals surface area contributed by atoms with Gasteiger partial charge in [0.25, 0.3) is 0 Å². The van der Waals surface area contributed by atoms with E-state index in [0.717, 1.165) is 25.9 Å². The van der Waals surface area contributed by atoms with Gasteiger partial charge in [-0.15, -0.1) is 0 Å². The third-order valence-corrected chi connectivity index (χ3v) is 2.17. The molecule has 1 atom stereocenters. The molecule has 0 aromatic carbocycles. The van der Waals surface area contributed by atoms with Crippen LogP contribution in [0.5, 0.6) is 0 Å². The molecule has 0 aromatic rings. The van der Waals surface area contributed by atoms with Crippen LogP contribution in [0.25, 0.3) is 0 Å². The molecule has 1 fully saturated rings. The Bertz CT molecular complexity index is 160. The largest absolute Gasteiger partial charge is 0.351 e. The van der Waals surface area contributed by atoms with Crippen LogP contribution in [0, 0.1) is 0 Å². The SMILES string of the molecule is CN1CCC[C@@H](NC(=O)CN)C1. The molecule has 0 unspecified atom stereocenters. The van der Waals surface area contributed by atoms with Gasteiger partial charge < -0.3 is 16.0 Å².